The van der Waals surface area contributed by atoms with E-state index in [2.05, 4.69) is 18.7 Å². The van der Waals surface area contributed by atoms with Crippen molar-refractivity contribution in [1.29, 1.82) is 0 Å². The molecule has 0 aliphatic heterocycles. The number of likely N-dealkylation sites (N-methyl/N-ethyl adjacent to an activating group) is 1. The number of nitrogens with zero attached hydrogens (tertiary/aromatic N) is 1. The van der Waals surface area contributed by atoms with Gasteiger partial charge in [-0.1, -0.05) is 13.8 Å². The van der Waals surface area contributed by atoms with Crippen molar-refractivity contribution < 1.29 is 9.53 Å². The van der Waals surface area contributed by atoms with Crippen molar-refractivity contribution in [2.45, 2.75) is 26.7 Å². The van der Waals surface area contributed by atoms with Gasteiger partial charge in [-0.15, -0.1) is 0 Å². The third-order valence-electron chi connectivity index (χ3n) is 2.93. The van der Waals surface area contributed by atoms with Gasteiger partial charge in [-0.05, 0) is 50.7 Å². The average molecular weight is 263 g/mol. The molecule has 0 amide bonds. The minimum atomic E-state index is 0.216. The van der Waals surface area contributed by atoms with Crippen molar-refractivity contribution in [3.8, 4) is 5.75 Å². The lowest BCUT2D eigenvalue weighted by atomic mass is 10.0. The molecule has 3 heteroatoms. The molecule has 0 fully saturated rings. The Morgan fingerprint density at radius 1 is 1.21 bits per heavy atom. The first-order valence-electron chi connectivity index (χ1n) is 6.90. The van der Waals surface area contributed by atoms with Crippen LogP contribution in [0.1, 0.15) is 37.0 Å². The van der Waals surface area contributed by atoms with E-state index < -0.39 is 0 Å². The summed E-state index contributed by atoms with van der Waals surface area (Å²) in [6.07, 6.45) is 1.57. The SMILES string of the molecule is CC(C)CCC(=O)c1ccc(OCCN(C)C)cc1. The molecule has 0 spiro atoms. The molecular weight excluding hydrogens is 238 g/mol. The zero-order valence-corrected chi connectivity index (χ0v) is 12.5. The molecule has 0 atom stereocenters. The topological polar surface area (TPSA) is 29.5 Å². The van der Waals surface area contributed by atoms with E-state index in [0.29, 0.717) is 18.9 Å². The predicted molar refractivity (Wildman–Crippen MR) is 78.9 cm³/mol. The smallest absolute Gasteiger partial charge is 0.162 e. The second-order valence-corrected chi connectivity index (χ2v) is 5.53. The van der Waals surface area contributed by atoms with Gasteiger partial charge >= 0.3 is 0 Å². The van der Waals surface area contributed by atoms with Crippen LogP contribution in [0.25, 0.3) is 0 Å². The van der Waals surface area contributed by atoms with E-state index in [4.69, 9.17) is 4.74 Å². The van der Waals surface area contributed by atoms with E-state index in [1.165, 1.54) is 0 Å². The zero-order chi connectivity index (χ0) is 14.3. The van der Waals surface area contributed by atoms with E-state index in [0.717, 1.165) is 24.3 Å². The van der Waals surface area contributed by atoms with Crippen LogP contribution in [0.3, 0.4) is 0 Å². The van der Waals surface area contributed by atoms with Crippen LogP contribution in [0, 0.1) is 5.92 Å². The summed E-state index contributed by atoms with van der Waals surface area (Å²) in [5, 5.41) is 0. The van der Waals surface area contributed by atoms with Crippen LogP contribution in [0.4, 0.5) is 0 Å². The van der Waals surface area contributed by atoms with Crippen molar-refractivity contribution in [3.05, 3.63) is 29.8 Å². The molecule has 0 saturated carbocycles. The Kier molecular flexibility index (Phi) is 6.57. The van der Waals surface area contributed by atoms with Gasteiger partial charge in [-0.3, -0.25) is 4.79 Å². The minimum absolute atomic E-state index is 0.216. The van der Waals surface area contributed by atoms with Crippen LogP contribution >= 0.6 is 0 Å². The predicted octanol–water partition coefficient (Wildman–Crippen LogP) is 3.25. The highest BCUT2D eigenvalue weighted by Crippen LogP contribution is 2.15. The van der Waals surface area contributed by atoms with Crippen LogP contribution in [-0.2, 0) is 0 Å². The van der Waals surface area contributed by atoms with Gasteiger partial charge in [0.2, 0.25) is 0 Å². The van der Waals surface area contributed by atoms with Crippen LogP contribution < -0.4 is 4.74 Å². The number of Topliss-reactive ketones (excluding diaryl/α,β-unsaturated/α-hetero) is 1. The monoisotopic (exact) mass is 263 g/mol. The van der Waals surface area contributed by atoms with Crippen LogP contribution in [-0.4, -0.2) is 37.9 Å². The highest BCUT2D eigenvalue weighted by molar-refractivity contribution is 5.96. The highest BCUT2D eigenvalue weighted by atomic mass is 16.5. The van der Waals surface area contributed by atoms with Gasteiger partial charge in [0.15, 0.2) is 5.78 Å². The third-order valence-corrected chi connectivity index (χ3v) is 2.93. The summed E-state index contributed by atoms with van der Waals surface area (Å²) in [6.45, 7) is 5.81. The van der Waals surface area contributed by atoms with Gasteiger partial charge in [0.05, 0.1) is 0 Å². The van der Waals surface area contributed by atoms with Crippen LogP contribution in [0.15, 0.2) is 24.3 Å². The average Bonchev–Trinajstić information content (AvgIpc) is 2.36. The first-order valence-corrected chi connectivity index (χ1v) is 6.90. The molecule has 1 aromatic carbocycles. The number of rotatable bonds is 8. The fourth-order valence-corrected chi connectivity index (χ4v) is 1.65. The van der Waals surface area contributed by atoms with Gasteiger partial charge in [-0.2, -0.15) is 0 Å². The van der Waals surface area contributed by atoms with Gasteiger partial charge in [0.25, 0.3) is 0 Å². The lowest BCUT2D eigenvalue weighted by molar-refractivity contribution is 0.0975. The molecule has 1 aromatic rings. The number of ether oxygens (including phenoxy) is 1. The summed E-state index contributed by atoms with van der Waals surface area (Å²) in [6, 6.07) is 7.46. The van der Waals surface area contributed by atoms with E-state index in [1.807, 2.05) is 38.4 Å². The molecule has 0 unspecified atom stereocenters. The fourth-order valence-electron chi connectivity index (χ4n) is 1.65. The third kappa shape index (κ3) is 6.39. The second-order valence-electron chi connectivity index (χ2n) is 5.53. The van der Waals surface area contributed by atoms with Crippen molar-refractivity contribution in [2.24, 2.45) is 5.92 Å². The van der Waals surface area contributed by atoms with E-state index in [9.17, 15) is 4.79 Å². The standard InChI is InChI=1S/C16H25NO2/c1-13(2)5-10-16(18)14-6-8-15(9-7-14)19-12-11-17(3)4/h6-9,13H,5,10-12H2,1-4H3. The van der Waals surface area contributed by atoms with Gasteiger partial charge in [-0.25, -0.2) is 0 Å². The summed E-state index contributed by atoms with van der Waals surface area (Å²) < 4.78 is 5.60. The molecule has 0 radical (unpaired) electrons. The Hall–Kier alpha value is -1.35. The molecule has 19 heavy (non-hydrogen) atoms. The largest absolute Gasteiger partial charge is 0.492 e. The molecule has 0 aromatic heterocycles. The van der Waals surface area contributed by atoms with Gasteiger partial charge in [0.1, 0.15) is 12.4 Å². The molecule has 0 saturated heterocycles. The Labute approximate surface area is 116 Å². The number of carbonyl (C=O) groups is 1. The summed E-state index contributed by atoms with van der Waals surface area (Å²) in [4.78, 5) is 14.0. The van der Waals surface area contributed by atoms with E-state index in [1.54, 1.807) is 0 Å². The Balaban J connectivity index is 2.44. The maximum Gasteiger partial charge on any atom is 0.162 e. The van der Waals surface area contributed by atoms with Gasteiger partial charge in [0, 0.05) is 18.5 Å². The normalized spacial score (nSPS) is 11.1. The first kappa shape index (κ1) is 15.7. The lowest BCUT2D eigenvalue weighted by Crippen LogP contribution is -2.19. The first-order chi connectivity index (χ1) is 8.99. The Morgan fingerprint density at radius 3 is 2.37 bits per heavy atom. The fraction of sp³-hybridized carbons (Fsp3) is 0.562. The van der Waals surface area contributed by atoms with Crippen LogP contribution in [0.2, 0.25) is 0 Å². The molecule has 0 heterocycles. The molecule has 0 bridgehead atoms. The maximum atomic E-state index is 11.9. The minimum Gasteiger partial charge on any atom is -0.492 e. The maximum absolute atomic E-state index is 11.9. The van der Waals surface area contributed by atoms with Crippen molar-refractivity contribution in [2.75, 3.05) is 27.2 Å². The number of carbonyl (C=O) groups excluding carboxylic acids is 1. The van der Waals surface area contributed by atoms with Crippen LogP contribution in [0.5, 0.6) is 5.75 Å². The summed E-state index contributed by atoms with van der Waals surface area (Å²) >= 11 is 0. The highest BCUT2D eigenvalue weighted by Gasteiger charge is 2.07. The molecule has 0 aliphatic carbocycles. The molecule has 3 nitrogen and oxygen atoms in total. The van der Waals surface area contributed by atoms with E-state index >= 15 is 0 Å². The van der Waals surface area contributed by atoms with Crippen molar-refractivity contribution >= 4 is 5.78 Å². The Morgan fingerprint density at radius 2 is 1.84 bits per heavy atom. The molecular formula is C16H25NO2. The molecule has 1 rings (SSSR count). The Bertz CT molecular complexity index is 382. The second kappa shape index (κ2) is 7.95. The van der Waals surface area contributed by atoms with Crippen molar-refractivity contribution in [3.63, 3.8) is 0 Å². The number of benzene rings is 1. The van der Waals surface area contributed by atoms with Gasteiger partial charge < -0.3 is 9.64 Å². The number of ketones is 1. The summed E-state index contributed by atoms with van der Waals surface area (Å²) in [5.41, 5.74) is 0.778. The summed E-state index contributed by atoms with van der Waals surface area (Å²) in [5.74, 6) is 1.60. The van der Waals surface area contributed by atoms with E-state index in [-0.39, 0.29) is 5.78 Å². The molecule has 0 N–H and O–H groups in total. The summed E-state index contributed by atoms with van der Waals surface area (Å²) in [7, 11) is 4.03. The number of hydrogen-bond donors (Lipinski definition) is 0. The lowest BCUT2D eigenvalue weighted by Gasteiger charge is -2.11. The zero-order valence-electron chi connectivity index (χ0n) is 12.5. The number of hydrogen-bond acceptors (Lipinski definition) is 3. The molecule has 0 aliphatic rings. The molecule has 106 valence electrons. The quantitative estimate of drug-likeness (QED) is 0.674. The van der Waals surface area contributed by atoms with Crippen molar-refractivity contribution in [1.82, 2.24) is 4.90 Å².